The van der Waals surface area contributed by atoms with Gasteiger partial charge in [-0.15, -0.1) is 0 Å². The number of hydrogen-bond acceptors (Lipinski definition) is 5. The van der Waals surface area contributed by atoms with E-state index in [0.717, 1.165) is 0 Å². The quantitative estimate of drug-likeness (QED) is 0.764. The molecule has 0 radical (unpaired) electrons. The van der Waals surface area contributed by atoms with Crippen molar-refractivity contribution in [2.45, 2.75) is 24.8 Å². The van der Waals surface area contributed by atoms with Crippen molar-refractivity contribution in [2.24, 2.45) is 0 Å². The molecule has 0 saturated carbocycles. The monoisotopic (exact) mass is 316 g/mol. The average Bonchev–Trinajstić information content (AvgIpc) is 2.43. The third-order valence-corrected chi connectivity index (χ3v) is 3.97. The molecule has 2 N–H and O–H groups in total. The Balaban J connectivity index is 2.90. The third kappa shape index (κ3) is 4.91. The Kier molecular flexibility index (Phi) is 5.98. The highest BCUT2D eigenvalue weighted by Gasteiger charge is 2.21. The fraction of sp³-hybridized carbons (Fsp3) is 0.462. The number of carbonyl (C=O) groups is 1. The van der Waals surface area contributed by atoms with Crippen LogP contribution in [0.3, 0.4) is 0 Å². The Bertz CT molecular complexity index is 599. The van der Waals surface area contributed by atoms with Gasteiger partial charge in [-0.1, -0.05) is 0 Å². The number of benzene rings is 1. The Morgan fingerprint density at radius 2 is 1.90 bits per heavy atom. The van der Waals surface area contributed by atoms with Gasteiger partial charge in [0.2, 0.25) is 15.9 Å². The zero-order valence-corrected chi connectivity index (χ0v) is 13.3. The Morgan fingerprint density at radius 1 is 1.24 bits per heavy atom. The lowest BCUT2D eigenvalue weighted by atomic mass is 10.3. The molecule has 1 aromatic carbocycles. The summed E-state index contributed by atoms with van der Waals surface area (Å²) in [6, 6.07) is 4.27. The minimum atomic E-state index is -3.85. The normalized spacial score (nSPS) is 11.3. The number of ether oxygens (including phenoxy) is 2. The predicted molar refractivity (Wildman–Crippen MR) is 78.0 cm³/mol. The summed E-state index contributed by atoms with van der Waals surface area (Å²) in [7, 11) is -1.02. The van der Waals surface area contributed by atoms with Gasteiger partial charge in [0.25, 0.3) is 0 Å². The lowest BCUT2D eigenvalue weighted by molar-refractivity contribution is -0.120. The number of sulfonamides is 1. The molecule has 0 aliphatic rings. The molecule has 7 nitrogen and oxygen atoms in total. The van der Waals surface area contributed by atoms with Crippen molar-refractivity contribution >= 4 is 15.9 Å². The van der Waals surface area contributed by atoms with Crippen LogP contribution in [-0.4, -0.2) is 41.1 Å². The maximum atomic E-state index is 12.2. The van der Waals surface area contributed by atoms with Gasteiger partial charge >= 0.3 is 0 Å². The van der Waals surface area contributed by atoms with Crippen LogP contribution in [0.15, 0.2) is 23.1 Å². The molecule has 0 aromatic heterocycles. The van der Waals surface area contributed by atoms with Crippen molar-refractivity contribution in [3.8, 4) is 11.5 Å². The van der Waals surface area contributed by atoms with Gasteiger partial charge in [-0.05, 0) is 26.0 Å². The van der Waals surface area contributed by atoms with Crippen molar-refractivity contribution in [3.63, 3.8) is 0 Å². The van der Waals surface area contributed by atoms with E-state index >= 15 is 0 Å². The maximum absolute atomic E-state index is 12.2. The minimum Gasteiger partial charge on any atom is -0.497 e. The van der Waals surface area contributed by atoms with E-state index in [1.807, 2.05) is 0 Å². The zero-order valence-electron chi connectivity index (χ0n) is 12.5. The number of carbonyl (C=O) groups excluding carboxylic acids is 1. The topological polar surface area (TPSA) is 93.7 Å². The van der Waals surface area contributed by atoms with Gasteiger partial charge in [-0.25, -0.2) is 13.1 Å². The Hall–Kier alpha value is -1.80. The van der Waals surface area contributed by atoms with Crippen LogP contribution in [0.1, 0.15) is 13.8 Å². The van der Waals surface area contributed by atoms with Crippen molar-refractivity contribution in [2.75, 3.05) is 20.8 Å². The second-order valence-electron chi connectivity index (χ2n) is 4.56. The SMILES string of the molecule is COc1ccc(S(=O)(=O)NCC(=O)NC(C)C)c(OC)c1. The van der Waals surface area contributed by atoms with Gasteiger partial charge < -0.3 is 14.8 Å². The zero-order chi connectivity index (χ0) is 16.0. The van der Waals surface area contributed by atoms with Crippen LogP contribution in [0.4, 0.5) is 0 Å². The molecular weight excluding hydrogens is 296 g/mol. The van der Waals surface area contributed by atoms with Gasteiger partial charge in [0.15, 0.2) is 0 Å². The first kappa shape index (κ1) is 17.3. The van der Waals surface area contributed by atoms with E-state index in [9.17, 15) is 13.2 Å². The molecule has 21 heavy (non-hydrogen) atoms. The molecule has 0 saturated heterocycles. The van der Waals surface area contributed by atoms with Crippen LogP contribution in [0.2, 0.25) is 0 Å². The third-order valence-electron chi connectivity index (χ3n) is 2.53. The summed E-state index contributed by atoms with van der Waals surface area (Å²) >= 11 is 0. The van der Waals surface area contributed by atoms with Gasteiger partial charge in [0, 0.05) is 12.1 Å². The summed E-state index contributed by atoms with van der Waals surface area (Å²) in [5.74, 6) is 0.218. The number of nitrogens with one attached hydrogen (secondary N) is 2. The largest absolute Gasteiger partial charge is 0.497 e. The minimum absolute atomic E-state index is 0.0526. The van der Waals surface area contributed by atoms with Crippen LogP contribution in [0.25, 0.3) is 0 Å². The summed E-state index contributed by atoms with van der Waals surface area (Å²) < 4.78 is 36.7. The molecule has 8 heteroatoms. The van der Waals surface area contributed by atoms with Gasteiger partial charge in [-0.2, -0.15) is 0 Å². The van der Waals surface area contributed by atoms with Crippen molar-refractivity contribution in [3.05, 3.63) is 18.2 Å². The van der Waals surface area contributed by atoms with Crippen LogP contribution in [-0.2, 0) is 14.8 Å². The Labute approximate surface area is 124 Å². The highest BCUT2D eigenvalue weighted by atomic mass is 32.2. The number of amides is 1. The van der Waals surface area contributed by atoms with E-state index in [4.69, 9.17) is 9.47 Å². The van der Waals surface area contributed by atoms with E-state index in [1.165, 1.54) is 32.4 Å². The Morgan fingerprint density at radius 3 is 2.43 bits per heavy atom. The smallest absolute Gasteiger partial charge is 0.244 e. The molecule has 0 spiro atoms. The standard InChI is InChI=1S/C13H20N2O5S/c1-9(2)15-13(16)8-14-21(17,18)12-6-5-10(19-3)7-11(12)20-4/h5-7,9,14H,8H2,1-4H3,(H,15,16). The average molecular weight is 316 g/mol. The van der Waals surface area contributed by atoms with Crippen LogP contribution in [0.5, 0.6) is 11.5 Å². The molecule has 1 amide bonds. The molecule has 0 atom stereocenters. The van der Waals surface area contributed by atoms with E-state index in [-0.39, 0.29) is 23.2 Å². The fourth-order valence-electron chi connectivity index (χ4n) is 1.61. The molecule has 118 valence electrons. The first-order valence-corrected chi connectivity index (χ1v) is 7.79. The number of methoxy groups -OCH3 is 2. The van der Waals surface area contributed by atoms with Crippen molar-refractivity contribution in [1.82, 2.24) is 10.0 Å². The lowest BCUT2D eigenvalue weighted by Gasteiger charge is -2.12. The maximum Gasteiger partial charge on any atom is 0.244 e. The summed E-state index contributed by atoms with van der Waals surface area (Å²) in [5, 5.41) is 2.60. The van der Waals surface area contributed by atoms with E-state index in [1.54, 1.807) is 13.8 Å². The van der Waals surface area contributed by atoms with Gasteiger partial charge in [-0.3, -0.25) is 4.79 Å². The van der Waals surface area contributed by atoms with Gasteiger partial charge in [0.05, 0.1) is 20.8 Å². The predicted octanol–water partition coefficient (Wildman–Crippen LogP) is 0.507. The number of rotatable bonds is 7. The van der Waals surface area contributed by atoms with Crippen LogP contribution >= 0.6 is 0 Å². The molecule has 1 aromatic rings. The molecule has 0 aliphatic heterocycles. The summed E-state index contributed by atoms with van der Waals surface area (Å²) in [5.41, 5.74) is 0. The van der Waals surface area contributed by atoms with E-state index in [2.05, 4.69) is 10.0 Å². The van der Waals surface area contributed by atoms with E-state index < -0.39 is 15.9 Å². The summed E-state index contributed by atoms with van der Waals surface area (Å²) in [6.45, 7) is 3.24. The molecule has 0 unspecified atom stereocenters. The van der Waals surface area contributed by atoms with Gasteiger partial charge in [0.1, 0.15) is 16.4 Å². The van der Waals surface area contributed by atoms with Crippen LogP contribution in [0, 0.1) is 0 Å². The second kappa shape index (κ2) is 7.28. The molecule has 1 rings (SSSR count). The lowest BCUT2D eigenvalue weighted by Crippen LogP contribution is -2.39. The first-order chi connectivity index (χ1) is 9.80. The van der Waals surface area contributed by atoms with Crippen LogP contribution < -0.4 is 19.5 Å². The van der Waals surface area contributed by atoms with Crippen molar-refractivity contribution < 1.29 is 22.7 Å². The number of hydrogen-bond donors (Lipinski definition) is 2. The molecule has 0 fully saturated rings. The summed E-state index contributed by atoms with van der Waals surface area (Å²) in [4.78, 5) is 11.4. The molecule has 0 heterocycles. The summed E-state index contributed by atoms with van der Waals surface area (Å²) in [6.07, 6.45) is 0. The van der Waals surface area contributed by atoms with Crippen molar-refractivity contribution in [1.29, 1.82) is 0 Å². The highest BCUT2D eigenvalue weighted by molar-refractivity contribution is 7.89. The first-order valence-electron chi connectivity index (χ1n) is 6.31. The molecule has 0 aliphatic carbocycles. The highest BCUT2D eigenvalue weighted by Crippen LogP contribution is 2.27. The van der Waals surface area contributed by atoms with E-state index in [0.29, 0.717) is 5.75 Å². The second-order valence-corrected chi connectivity index (χ2v) is 6.30. The molecule has 0 bridgehead atoms. The molecular formula is C13H20N2O5S. The fourth-order valence-corrected chi connectivity index (χ4v) is 2.74.